The van der Waals surface area contributed by atoms with Gasteiger partial charge in [0.2, 0.25) is 0 Å². The fraction of sp³-hybridized carbons (Fsp3) is 0.0833. The molecule has 1 N–H and O–H groups in total. The number of hydroxylamine groups is 2. The Balaban J connectivity index is 1.43. The Labute approximate surface area is 210 Å². The van der Waals surface area contributed by atoms with E-state index in [9.17, 15) is 45.2 Å². The summed E-state index contributed by atoms with van der Waals surface area (Å²) in [4.78, 5) is 46.9. The zero-order valence-corrected chi connectivity index (χ0v) is 19.7. The van der Waals surface area contributed by atoms with Crippen molar-refractivity contribution in [1.82, 2.24) is 10.4 Å². The number of fused-ring (bicyclic) bond motifs is 2. The maximum atomic E-state index is 14.2. The first kappa shape index (κ1) is 25.2. The molecule has 0 unspecified atom stereocenters. The van der Waals surface area contributed by atoms with Crippen LogP contribution in [0.4, 0.5) is 17.6 Å². The van der Waals surface area contributed by atoms with Crippen LogP contribution in [-0.4, -0.2) is 37.1 Å². The first-order valence-electron chi connectivity index (χ1n) is 10.6. The average molecular weight is 548 g/mol. The SMILES string of the molecule is Cc1c(F)c(F)c(S(=O)(=O)ON2C(=O)c3ccc(Cc4ccc5c(c4)C(=O)NC5=O)cc3C2=O)c(F)c1F. The van der Waals surface area contributed by atoms with Gasteiger partial charge in [-0.3, -0.25) is 24.5 Å². The second-order valence-electron chi connectivity index (χ2n) is 8.36. The third kappa shape index (κ3) is 3.76. The normalized spacial score (nSPS) is 14.7. The Morgan fingerprint density at radius 2 is 1.24 bits per heavy atom. The van der Waals surface area contributed by atoms with Gasteiger partial charge in [-0.2, -0.15) is 8.42 Å². The van der Waals surface area contributed by atoms with E-state index in [1.165, 1.54) is 30.3 Å². The number of nitrogens with zero attached hydrogens (tertiary/aromatic N) is 1. The number of nitrogens with one attached hydrogen (secondary N) is 1. The highest BCUT2D eigenvalue weighted by molar-refractivity contribution is 7.86. The van der Waals surface area contributed by atoms with Crippen LogP contribution in [0.3, 0.4) is 0 Å². The molecule has 9 nitrogen and oxygen atoms in total. The summed E-state index contributed by atoms with van der Waals surface area (Å²) < 4.78 is 85.6. The van der Waals surface area contributed by atoms with Crippen LogP contribution in [0.25, 0.3) is 0 Å². The van der Waals surface area contributed by atoms with E-state index in [4.69, 9.17) is 0 Å². The van der Waals surface area contributed by atoms with Crippen molar-refractivity contribution in [1.29, 1.82) is 0 Å². The van der Waals surface area contributed by atoms with E-state index < -0.39 is 67.5 Å². The number of benzene rings is 3. The number of hydrogen-bond donors (Lipinski definition) is 1. The molecule has 2 aliphatic heterocycles. The van der Waals surface area contributed by atoms with Crippen molar-refractivity contribution >= 4 is 33.7 Å². The van der Waals surface area contributed by atoms with Gasteiger partial charge in [-0.05, 0) is 48.7 Å². The summed E-state index contributed by atoms with van der Waals surface area (Å²) in [5.41, 5.74) is -0.400. The highest BCUT2D eigenvalue weighted by Crippen LogP contribution is 2.32. The molecule has 194 valence electrons. The third-order valence-electron chi connectivity index (χ3n) is 5.99. The summed E-state index contributed by atoms with van der Waals surface area (Å²) in [7, 11) is -5.74. The van der Waals surface area contributed by atoms with Crippen molar-refractivity contribution in [3.63, 3.8) is 0 Å². The third-order valence-corrected chi connectivity index (χ3v) is 7.19. The number of hydrogen-bond acceptors (Lipinski definition) is 7. The molecule has 38 heavy (non-hydrogen) atoms. The minimum Gasteiger partial charge on any atom is -0.288 e. The Kier molecular flexibility index (Phi) is 5.69. The van der Waals surface area contributed by atoms with Crippen molar-refractivity contribution < 1.29 is 49.4 Å². The van der Waals surface area contributed by atoms with Crippen LogP contribution in [0.5, 0.6) is 0 Å². The standard InChI is InChI=1S/C24H12F4N2O7S/c1-9-16(25)18(27)20(19(28)17(9)26)38(35,36)37-30-23(33)13-5-3-11(8-15(13)24(30)34)6-10-2-4-12-14(7-10)22(32)29-21(12)31/h2-5,7-8H,6H2,1H3,(H,29,31,32). The van der Waals surface area contributed by atoms with Crippen LogP contribution in [0.1, 0.15) is 58.1 Å². The zero-order chi connectivity index (χ0) is 27.7. The lowest BCUT2D eigenvalue weighted by Crippen LogP contribution is -2.33. The van der Waals surface area contributed by atoms with Crippen molar-refractivity contribution in [3.8, 4) is 0 Å². The summed E-state index contributed by atoms with van der Waals surface area (Å²) in [6.45, 7) is 0.673. The van der Waals surface area contributed by atoms with E-state index in [1.807, 2.05) is 0 Å². The van der Waals surface area contributed by atoms with Gasteiger partial charge in [0, 0.05) is 5.56 Å². The van der Waals surface area contributed by atoms with Gasteiger partial charge in [0.25, 0.3) is 23.6 Å². The average Bonchev–Trinajstić information content (AvgIpc) is 3.28. The zero-order valence-electron chi connectivity index (χ0n) is 18.9. The largest absolute Gasteiger partial charge is 0.324 e. The van der Waals surface area contributed by atoms with Crippen molar-refractivity contribution in [2.24, 2.45) is 0 Å². The molecule has 0 fully saturated rings. The van der Waals surface area contributed by atoms with Crippen LogP contribution in [0.2, 0.25) is 0 Å². The molecule has 0 atom stereocenters. The molecular weight excluding hydrogens is 536 g/mol. The fourth-order valence-electron chi connectivity index (χ4n) is 4.08. The Morgan fingerprint density at radius 1 is 0.737 bits per heavy atom. The van der Waals surface area contributed by atoms with Gasteiger partial charge in [0.15, 0.2) is 28.2 Å². The van der Waals surface area contributed by atoms with Crippen LogP contribution in [0, 0.1) is 30.2 Å². The number of amides is 4. The minimum absolute atomic E-state index is 0.126. The van der Waals surface area contributed by atoms with Crippen molar-refractivity contribution in [2.45, 2.75) is 18.2 Å². The van der Waals surface area contributed by atoms with Gasteiger partial charge in [-0.15, -0.1) is 9.35 Å². The molecule has 2 heterocycles. The molecule has 0 aliphatic carbocycles. The molecule has 0 radical (unpaired) electrons. The molecule has 0 saturated heterocycles. The Bertz CT molecular complexity index is 1730. The fourth-order valence-corrected chi connectivity index (χ4v) is 5.10. The molecule has 2 aliphatic rings. The van der Waals surface area contributed by atoms with Crippen molar-refractivity contribution in [2.75, 3.05) is 0 Å². The first-order valence-corrected chi connectivity index (χ1v) is 12.0. The number of carbonyl (C=O) groups is 4. The van der Waals surface area contributed by atoms with Gasteiger partial charge >= 0.3 is 10.1 Å². The molecule has 0 aromatic heterocycles. The highest BCUT2D eigenvalue weighted by Gasteiger charge is 2.43. The lowest BCUT2D eigenvalue weighted by molar-refractivity contribution is -0.0107. The molecule has 0 saturated carbocycles. The highest BCUT2D eigenvalue weighted by atomic mass is 32.2. The quantitative estimate of drug-likeness (QED) is 0.295. The summed E-state index contributed by atoms with van der Waals surface area (Å²) in [6, 6.07) is 8.32. The smallest absolute Gasteiger partial charge is 0.288 e. The Hall–Kier alpha value is -4.43. The van der Waals surface area contributed by atoms with Gasteiger partial charge in [-0.1, -0.05) is 12.1 Å². The van der Waals surface area contributed by atoms with Gasteiger partial charge in [-0.25, -0.2) is 17.6 Å². The summed E-state index contributed by atoms with van der Waals surface area (Å²) in [6.07, 6.45) is 0.126. The van der Waals surface area contributed by atoms with E-state index in [1.54, 1.807) is 6.07 Å². The summed E-state index contributed by atoms with van der Waals surface area (Å²) in [5.74, 6) is -12.3. The maximum Gasteiger partial charge on any atom is 0.324 e. The first-order chi connectivity index (χ1) is 17.8. The van der Waals surface area contributed by atoms with Gasteiger partial charge in [0.1, 0.15) is 0 Å². The van der Waals surface area contributed by atoms with E-state index >= 15 is 0 Å². The predicted octanol–water partition coefficient (Wildman–Crippen LogP) is 2.94. The van der Waals surface area contributed by atoms with E-state index in [0.717, 1.165) is 0 Å². The van der Waals surface area contributed by atoms with Crippen LogP contribution in [0.15, 0.2) is 41.3 Å². The van der Waals surface area contributed by atoms with Crippen LogP contribution >= 0.6 is 0 Å². The number of imide groups is 2. The number of carbonyl (C=O) groups excluding carboxylic acids is 4. The maximum absolute atomic E-state index is 14.2. The molecular formula is C24H12F4N2O7S. The molecule has 0 spiro atoms. The summed E-state index contributed by atoms with van der Waals surface area (Å²) >= 11 is 0. The second-order valence-corrected chi connectivity index (χ2v) is 9.83. The lowest BCUT2D eigenvalue weighted by atomic mass is 9.98. The minimum atomic E-state index is -5.74. The molecule has 3 aromatic rings. The lowest BCUT2D eigenvalue weighted by Gasteiger charge is -2.15. The Morgan fingerprint density at radius 3 is 1.84 bits per heavy atom. The second kappa shape index (κ2) is 8.56. The van der Waals surface area contributed by atoms with E-state index in [0.29, 0.717) is 18.1 Å². The van der Waals surface area contributed by atoms with Gasteiger partial charge in [0.05, 0.1) is 22.3 Å². The predicted molar refractivity (Wildman–Crippen MR) is 117 cm³/mol. The topological polar surface area (TPSA) is 127 Å². The molecule has 5 rings (SSSR count). The monoisotopic (exact) mass is 548 g/mol. The number of halogens is 4. The number of rotatable bonds is 5. The summed E-state index contributed by atoms with van der Waals surface area (Å²) in [5, 5.41) is 1.86. The molecule has 14 heteroatoms. The molecule has 3 aromatic carbocycles. The van der Waals surface area contributed by atoms with Crippen LogP contribution < -0.4 is 5.32 Å². The molecule has 0 bridgehead atoms. The van der Waals surface area contributed by atoms with Crippen LogP contribution in [-0.2, 0) is 20.8 Å². The van der Waals surface area contributed by atoms with E-state index in [-0.39, 0.29) is 33.7 Å². The molecule has 4 amide bonds. The van der Waals surface area contributed by atoms with E-state index in [2.05, 4.69) is 9.60 Å². The van der Waals surface area contributed by atoms with Crippen molar-refractivity contribution in [3.05, 3.63) is 98.6 Å². The van der Waals surface area contributed by atoms with Gasteiger partial charge < -0.3 is 0 Å².